The van der Waals surface area contributed by atoms with Crippen molar-refractivity contribution in [1.82, 2.24) is 14.8 Å². The van der Waals surface area contributed by atoms with Crippen molar-refractivity contribution in [3.05, 3.63) is 66.2 Å². The minimum Gasteiger partial charge on any atom is -0.378 e. The molecule has 1 aromatic heterocycles. The van der Waals surface area contributed by atoms with Gasteiger partial charge >= 0.3 is 0 Å². The van der Waals surface area contributed by atoms with E-state index in [9.17, 15) is 0 Å². The van der Waals surface area contributed by atoms with Crippen LogP contribution in [-0.4, -0.2) is 41.1 Å². The van der Waals surface area contributed by atoms with Gasteiger partial charge in [0, 0.05) is 18.3 Å². The first-order chi connectivity index (χ1) is 12.8. The summed E-state index contributed by atoms with van der Waals surface area (Å²) in [6, 6.07) is 20.8. The molecule has 2 aromatic carbocycles. The van der Waals surface area contributed by atoms with Crippen molar-refractivity contribution in [3.63, 3.8) is 0 Å². The van der Waals surface area contributed by atoms with Gasteiger partial charge in [-0.2, -0.15) is 0 Å². The predicted molar refractivity (Wildman–Crippen MR) is 105 cm³/mol. The molecule has 1 atom stereocenters. The highest BCUT2D eigenvalue weighted by atomic mass is 32.2. The first kappa shape index (κ1) is 17.1. The summed E-state index contributed by atoms with van der Waals surface area (Å²) < 4.78 is 7.65. The average molecular weight is 366 g/mol. The van der Waals surface area contributed by atoms with Crippen LogP contribution in [0.1, 0.15) is 17.7 Å². The number of thioether (sulfide) groups is 1. The van der Waals surface area contributed by atoms with Crippen LogP contribution in [0.15, 0.2) is 65.8 Å². The highest BCUT2D eigenvalue weighted by Crippen LogP contribution is 2.36. The van der Waals surface area contributed by atoms with E-state index in [0.717, 1.165) is 43.1 Å². The molecule has 0 spiro atoms. The van der Waals surface area contributed by atoms with E-state index in [-0.39, 0.29) is 0 Å². The lowest BCUT2D eigenvalue weighted by molar-refractivity contribution is 0.122. The van der Waals surface area contributed by atoms with E-state index in [0.29, 0.717) is 5.25 Å². The van der Waals surface area contributed by atoms with Crippen molar-refractivity contribution in [2.75, 3.05) is 31.2 Å². The first-order valence-electron chi connectivity index (χ1n) is 8.88. The lowest BCUT2D eigenvalue weighted by Gasteiger charge is -2.28. The number of ether oxygens (including phenoxy) is 1. The number of benzene rings is 2. The van der Waals surface area contributed by atoms with Gasteiger partial charge in [0.2, 0.25) is 5.95 Å². The van der Waals surface area contributed by atoms with E-state index in [2.05, 4.69) is 63.0 Å². The van der Waals surface area contributed by atoms with E-state index in [1.165, 1.54) is 5.56 Å². The Morgan fingerprint density at radius 2 is 1.58 bits per heavy atom. The molecule has 0 N–H and O–H groups in total. The molecule has 134 valence electrons. The van der Waals surface area contributed by atoms with Gasteiger partial charge < -0.3 is 9.64 Å². The average Bonchev–Trinajstić information content (AvgIpc) is 3.13. The molecular weight excluding hydrogens is 344 g/mol. The van der Waals surface area contributed by atoms with Crippen LogP contribution in [0, 0.1) is 0 Å². The standard InChI is InChI=1S/C20H22N4OS/c1-16(17-8-4-2-5-9-17)26-20-22-21-19(23-12-14-25-15-13-23)24(20)18-10-6-3-7-11-18/h2-11,16H,12-15H2,1H3. The zero-order valence-corrected chi connectivity index (χ0v) is 15.6. The third-order valence-corrected chi connectivity index (χ3v) is 5.58. The zero-order chi connectivity index (χ0) is 17.8. The second kappa shape index (κ2) is 7.93. The summed E-state index contributed by atoms with van der Waals surface area (Å²) in [5.74, 6) is 0.891. The quantitative estimate of drug-likeness (QED) is 0.640. The Morgan fingerprint density at radius 3 is 2.27 bits per heavy atom. The van der Waals surface area contributed by atoms with Gasteiger partial charge in [0.1, 0.15) is 0 Å². The molecule has 0 saturated carbocycles. The summed E-state index contributed by atoms with van der Waals surface area (Å²) in [6.45, 7) is 5.33. The number of aromatic nitrogens is 3. The van der Waals surface area contributed by atoms with Crippen LogP contribution in [0.4, 0.5) is 5.95 Å². The topological polar surface area (TPSA) is 43.2 Å². The number of morpholine rings is 1. The number of rotatable bonds is 5. The molecule has 6 heteroatoms. The second-order valence-corrected chi connectivity index (χ2v) is 7.53. The molecule has 26 heavy (non-hydrogen) atoms. The summed E-state index contributed by atoms with van der Waals surface area (Å²) in [4.78, 5) is 2.25. The van der Waals surface area contributed by atoms with Crippen molar-refractivity contribution in [2.24, 2.45) is 0 Å². The molecule has 0 bridgehead atoms. The van der Waals surface area contributed by atoms with Crippen LogP contribution >= 0.6 is 11.8 Å². The Bertz CT molecular complexity index is 832. The van der Waals surface area contributed by atoms with Crippen molar-refractivity contribution in [2.45, 2.75) is 17.3 Å². The molecule has 3 aromatic rings. The van der Waals surface area contributed by atoms with E-state index < -0.39 is 0 Å². The largest absolute Gasteiger partial charge is 0.378 e. The second-order valence-electron chi connectivity index (χ2n) is 6.22. The monoisotopic (exact) mass is 366 g/mol. The maximum atomic E-state index is 5.49. The van der Waals surface area contributed by atoms with Gasteiger partial charge in [-0.3, -0.25) is 4.57 Å². The zero-order valence-electron chi connectivity index (χ0n) is 14.8. The molecular formula is C20H22N4OS. The van der Waals surface area contributed by atoms with Gasteiger partial charge in [-0.05, 0) is 24.6 Å². The third-order valence-electron chi connectivity index (χ3n) is 4.48. The van der Waals surface area contributed by atoms with Crippen LogP contribution < -0.4 is 4.90 Å². The van der Waals surface area contributed by atoms with Crippen LogP contribution in [0.25, 0.3) is 5.69 Å². The molecule has 2 heterocycles. The molecule has 1 unspecified atom stereocenters. The normalized spacial score (nSPS) is 15.8. The number of nitrogens with zero attached hydrogens (tertiary/aromatic N) is 4. The van der Waals surface area contributed by atoms with Crippen LogP contribution in [0.3, 0.4) is 0 Å². The lowest BCUT2D eigenvalue weighted by Crippen LogP contribution is -2.37. The Kier molecular flexibility index (Phi) is 5.22. The molecule has 1 aliphatic heterocycles. The summed E-state index contributed by atoms with van der Waals surface area (Å²) in [7, 11) is 0. The minimum atomic E-state index is 0.292. The van der Waals surface area contributed by atoms with Crippen LogP contribution in [0.5, 0.6) is 0 Å². The number of hydrogen-bond acceptors (Lipinski definition) is 5. The summed E-state index contributed by atoms with van der Waals surface area (Å²) >= 11 is 1.73. The summed E-state index contributed by atoms with van der Waals surface area (Å²) in [6.07, 6.45) is 0. The van der Waals surface area contributed by atoms with Crippen molar-refractivity contribution in [3.8, 4) is 5.69 Å². The molecule has 1 saturated heterocycles. The van der Waals surface area contributed by atoms with Gasteiger partial charge in [-0.25, -0.2) is 0 Å². The Hall–Kier alpha value is -2.31. The Morgan fingerprint density at radius 1 is 0.923 bits per heavy atom. The maximum Gasteiger partial charge on any atom is 0.232 e. The molecule has 0 amide bonds. The van der Waals surface area contributed by atoms with E-state index in [4.69, 9.17) is 4.74 Å². The fourth-order valence-electron chi connectivity index (χ4n) is 3.06. The molecule has 1 fully saturated rings. The SMILES string of the molecule is CC(Sc1nnc(N2CCOCC2)n1-c1ccccc1)c1ccccc1. The maximum absolute atomic E-state index is 5.49. The summed E-state index contributed by atoms with van der Waals surface area (Å²) in [5, 5.41) is 10.3. The summed E-state index contributed by atoms with van der Waals surface area (Å²) in [5.41, 5.74) is 2.37. The van der Waals surface area contributed by atoms with Gasteiger partial charge in [0.15, 0.2) is 5.16 Å². The fraction of sp³-hybridized carbons (Fsp3) is 0.300. The highest BCUT2D eigenvalue weighted by molar-refractivity contribution is 7.99. The Balaban J connectivity index is 1.69. The molecule has 4 rings (SSSR count). The molecule has 0 radical (unpaired) electrons. The van der Waals surface area contributed by atoms with Crippen LogP contribution in [-0.2, 0) is 4.74 Å². The third kappa shape index (κ3) is 3.61. The number of para-hydroxylation sites is 1. The highest BCUT2D eigenvalue weighted by Gasteiger charge is 2.23. The van der Waals surface area contributed by atoms with Gasteiger partial charge in [0.05, 0.1) is 18.9 Å². The van der Waals surface area contributed by atoms with E-state index in [1.54, 1.807) is 11.8 Å². The minimum absolute atomic E-state index is 0.292. The van der Waals surface area contributed by atoms with Crippen molar-refractivity contribution < 1.29 is 4.74 Å². The number of anilines is 1. The van der Waals surface area contributed by atoms with Crippen molar-refractivity contribution in [1.29, 1.82) is 0 Å². The molecule has 5 nitrogen and oxygen atoms in total. The predicted octanol–water partition coefficient (Wildman–Crippen LogP) is 3.96. The van der Waals surface area contributed by atoms with Crippen molar-refractivity contribution >= 4 is 17.7 Å². The molecule has 0 aliphatic carbocycles. The van der Waals surface area contributed by atoms with Gasteiger partial charge in [0.25, 0.3) is 0 Å². The van der Waals surface area contributed by atoms with Crippen LogP contribution in [0.2, 0.25) is 0 Å². The fourth-order valence-corrected chi connectivity index (χ4v) is 4.05. The van der Waals surface area contributed by atoms with E-state index in [1.807, 2.05) is 24.3 Å². The lowest BCUT2D eigenvalue weighted by atomic mass is 10.2. The smallest absolute Gasteiger partial charge is 0.232 e. The van der Waals surface area contributed by atoms with E-state index >= 15 is 0 Å². The molecule has 1 aliphatic rings. The van der Waals surface area contributed by atoms with Gasteiger partial charge in [-0.1, -0.05) is 60.3 Å². The number of hydrogen-bond donors (Lipinski definition) is 0. The van der Waals surface area contributed by atoms with Gasteiger partial charge in [-0.15, -0.1) is 10.2 Å². The Labute approximate surface area is 158 Å². The first-order valence-corrected chi connectivity index (χ1v) is 9.76.